The largest absolute Gasteiger partial charge is 0.329 e. The average Bonchev–Trinajstić information content (AvgIpc) is 2.81. The molecule has 2 N–H and O–H groups in total. The number of hydrogen-bond donors (Lipinski definition) is 2. The van der Waals surface area contributed by atoms with E-state index in [4.69, 9.17) is 0 Å². The zero-order chi connectivity index (χ0) is 13.4. The van der Waals surface area contributed by atoms with Crippen molar-refractivity contribution in [2.24, 2.45) is 0 Å². The van der Waals surface area contributed by atoms with Crippen molar-refractivity contribution in [1.29, 1.82) is 0 Å². The van der Waals surface area contributed by atoms with Crippen molar-refractivity contribution >= 4 is 34.9 Å². The van der Waals surface area contributed by atoms with Gasteiger partial charge in [0.05, 0.1) is 5.52 Å². The summed E-state index contributed by atoms with van der Waals surface area (Å²) in [6.45, 7) is 0.274. The first-order chi connectivity index (χ1) is 9.19. The highest BCUT2D eigenvalue weighted by Crippen LogP contribution is 2.25. The van der Waals surface area contributed by atoms with E-state index < -0.39 is 6.03 Å². The number of rotatable bonds is 2. The Bertz CT molecular complexity index is 691. The van der Waals surface area contributed by atoms with Crippen molar-refractivity contribution in [3.8, 4) is 0 Å². The number of benzene rings is 1. The van der Waals surface area contributed by atoms with Gasteiger partial charge in [-0.2, -0.15) is 5.10 Å². The fourth-order valence-corrected chi connectivity index (χ4v) is 2.06. The first kappa shape index (κ1) is 11.4. The zero-order valence-electron chi connectivity index (χ0n) is 9.84. The molecular formula is C12H10N4O3. The van der Waals surface area contributed by atoms with Crippen LogP contribution in [0, 0.1) is 0 Å². The molecule has 1 aliphatic heterocycles. The summed E-state index contributed by atoms with van der Waals surface area (Å²) in [6, 6.07) is 4.55. The Balaban J connectivity index is 2.07. The molecule has 3 amide bonds. The standard InChI is InChI=1S/C12H10N4O3/c17-6-7-1-2-9-8(5-7)11(15-14-9)16-4-3-10(18)13-12(16)19/h1-2,5-6H,3-4H2,(H,14,15)(H,13,18,19). The van der Waals surface area contributed by atoms with Gasteiger partial charge < -0.3 is 0 Å². The Kier molecular flexibility index (Phi) is 2.52. The SMILES string of the molecule is O=Cc1ccc2[nH]nc(N3CCC(=O)NC3=O)c2c1. The summed E-state index contributed by atoms with van der Waals surface area (Å²) < 4.78 is 0. The molecule has 0 bridgehead atoms. The summed E-state index contributed by atoms with van der Waals surface area (Å²) in [5, 5.41) is 9.79. The molecule has 1 aliphatic rings. The van der Waals surface area contributed by atoms with Crippen LogP contribution < -0.4 is 10.2 Å². The summed E-state index contributed by atoms with van der Waals surface area (Å²) in [6.07, 6.45) is 0.962. The Morgan fingerprint density at radius 3 is 2.89 bits per heavy atom. The molecule has 1 aromatic carbocycles. The molecule has 2 heterocycles. The molecule has 0 spiro atoms. The molecular weight excluding hydrogens is 248 g/mol. The van der Waals surface area contributed by atoms with Gasteiger partial charge in [-0.25, -0.2) is 4.79 Å². The lowest BCUT2D eigenvalue weighted by molar-refractivity contribution is -0.120. The number of carbonyl (C=O) groups excluding carboxylic acids is 3. The van der Waals surface area contributed by atoms with Crippen LogP contribution in [-0.4, -0.2) is 35.0 Å². The van der Waals surface area contributed by atoms with E-state index in [-0.39, 0.29) is 18.9 Å². The molecule has 7 nitrogen and oxygen atoms in total. The van der Waals surface area contributed by atoms with Crippen molar-refractivity contribution in [3.63, 3.8) is 0 Å². The molecule has 19 heavy (non-hydrogen) atoms. The summed E-state index contributed by atoms with van der Waals surface area (Å²) in [4.78, 5) is 35.1. The molecule has 0 aliphatic carbocycles. The van der Waals surface area contributed by atoms with Gasteiger partial charge in [0.2, 0.25) is 5.91 Å². The van der Waals surface area contributed by atoms with Crippen LogP contribution in [0.25, 0.3) is 10.9 Å². The molecule has 1 saturated heterocycles. The maximum atomic E-state index is 11.8. The first-order valence-corrected chi connectivity index (χ1v) is 5.73. The van der Waals surface area contributed by atoms with Crippen molar-refractivity contribution in [2.45, 2.75) is 6.42 Å². The summed E-state index contributed by atoms with van der Waals surface area (Å²) in [7, 11) is 0. The number of aldehydes is 1. The summed E-state index contributed by atoms with van der Waals surface area (Å²) in [5.74, 6) is 0.123. The Morgan fingerprint density at radius 1 is 1.32 bits per heavy atom. The van der Waals surface area contributed by atoms with Crippen LogP contribution in [0.3, 0.4) is 0 Å². The molecule has 0 atom stereocenters. The molecule has 0 unspecified atom stereocenters. The number of aromatic amines is 1. The van der Waals surface area contributed by atoms with Gasteiger partial charge in [0, 0.05) is 23.9 Å². The second-order valence-corrected chi connectivity index (χ2v) is 4.23. The zero-order valence-corrected chi connectivity index (χ0v) is 9.84. The minimum absolute atomic E-state index is 0.230. The molecule has 0 radical (unpaired) electrons. The predicted molar refractivity (Wildman–Crippen MR) is 67.0 cm³/mol. The first-order valence-electron chi connectivity index (χ1n) is 5.73. The third-order valence-electron chi connectivity index (χ3n) is 3.01. The number of H-pyrrole nitrogens is 1. The normalized spacial score (nSPS) is 15.7. The lowest BCUT2D eigenvalue weighted by atomic mass is 10.1. The third-order valence-corrected chi connectivity index (χ3v) is 3.01. The number of nitrogens with zero attached hydrogens (tertiary/aromatic N) is 2. The number of amides is 3. The number of fused-ring (bicyclic) bond motifs is 1. The second-order valence-electron chi connectivity index (χ2n) is 4.23. The highest BCUT2D eigenvalue weighted by atomic mass is 16.2. The molecule has 0 saturated carbocycles. The quantitative estimate of drug-likeness (QED) is 0.779. The number of carbonyl (C=O) groups is 3. The third kappa shape index (κ3) is 1.85. The molecule has 2 aromatic rings. The van der Waals surface area contributed by atoms with Crippen LogP contribution in [0.4, 0.5) is 10.6 Å². The molecule has 3 rings (SSSR count). The fraction of sp³-hybridized carbons (Fsp3) is 0.167. The number of aromatic nitrogens is 2. The maximum absolute atomic E-state index is 11.8. The lowest BCUT2D eigenvalue weighted by Crippen LogP contribution is -2.49. The lowest BCUT2D eigenvalue weighted by Gasteiger charge is -2.24. The monoisotopic (exact) mass is 258 g/mol. The number of nitrogens with one attached hydrogen (secondary N) is 2. The van der Waals surface area contributed by atoms with E-state index in [0.29, 0.717) is 16.8 Å². The van der Waals surface area contributed by atoms with Gasteiger partial charge >= 0.3 is 6.03 Å². The molecule has 96 valence electrons. The van der Waals surface area contributed by atoms with E-state index in [1.807, 2.05) is 0 Å². The number of anilines is 1. The van der Waals surface area contributed by atoms with Crippen LogP contribution >= 0.6 is 0 Å². The van der Waals surface area contributed by atoms with E-state index >= 15 is 0 Å². The van der Waals surface area contributed by atoms with E-state index in [1.165, 1.54) is 4.90 Å². The highest BCUT2D eigenvalue weighted by molar-refractivity contribution is 6.09. The minimum Gasteiger partial charge on any atom is -0.298 e. The number of hydrogen-bond acceptors (Lipinski definition) is 4. The van der Waals surface area contributed by atoms with Gasteiger partial charge in [-0.05, 0) is 18.2 Å². The van der Waals surface area contributed by atoms with Gasteiger partial charge in [-0.3, -0.25) is 24.9 Å². The van der Waals surface area contributed by atoms with Crippen LogP contribution in [0.2, 0.25) is 0 Å². The smallest absolute Gasteiger partial charge is 0.298 e. The van der Waals surface area contributed by atoms with Crippen molar-refractivity contribution < 1.29 is 14.4 Å². The second kappa shape index (κ2) is 4.20. The maximum Gasteiger partial charge on any atom is 0.329 e. The van der Waals surface area contributed by atoms with Crippen molar-refractivity contribution in [3.05, 3.63) is 23.8 Å². The number of urea groups is 1. The summed E-state index contributed by atoms with van der Waals surface area (Å²) >= 11 is 0. The van der Waals surface area contributed by atoms with Crippen molar-refractivity contribution in [1.82, 2.24) is 15.5 Å². The van der Waals surface area contributed by atoms with E-state index in [9.17, 15) is 14.4 Å². The average molecular weight is 258 g/mol. The van der Waals surface area contributed by atoms with Crippen LogP contribution in [-0.2, 0) is 4.79 Å². The Morgan fingerprint density at radius 2 is 2.16 bits per heavy atom. The van der Waals surface area contributed by atoms with Crippen molar-refractivity contribution in [2.75, 3.05) is 11.4 Å². The van der Waals surface area contributed by atoms with Crippen LogP contribution in [0.15, 0.2) is 18.2 Å². The van der Waals surface area contributed by atoms with E-state index in [2.05, 4.69) is 15.5 Å². The van der Waals surface area contributed by atoms with E-state index in [1.54, 1.807) is 18.2 Å². The van der Waals surface area contributed by atoms with Gasteiger partial charge in [-0.1, -0.05) is 0 Å². The number of imide groups is 1. The van der Waals surface area contributed by atoms with Gasteiger partial charge in [0.15, 0.2) is 5.82 Å². The summed E-state index contributed by atoms with van der Waals surface area (Å²) in [5.41, 5.74) is 1.23. The van der Waals surface area contributed by atoms with E-state index in [0.717, 1.165) is 11.8 Å². The topological polar surface area (TPSA) is 95.2 Å². The molecule has 1 fully saturated rings. The molecule has 7 heteroatoms. The molecule has 1 aromatic heterocycles. The van der Waals surface area contributed by atoms with Gasteiger partial charge in [0.1, 0.15) is 6.29 Å². The van der Waals surface area contributed by atoms with Gasteiger partial charge in [-0.15, -0.1) is 0 Å². The Hall–Kier alpha value is -2.70. The minimum atomic E-state index is -0.499. The van der Waals surface area contributed by atoms with Crippen LogP contribution in [0.1, 0.15) is 16.8 Å². The van der Waals surface area contributed by atoms with Crippen LogP contribution in [0.5, 0.6) is 0 Å². The predicted octanol–water partition coefficient (Wildman–Crippen LogP) is 0.822. The highest BCUT2D eigenvalue weighted by Gasteiger charge is 2.27. The fourth-order valence-electron chi connectivity index (χ4n) is 2.06. The van der Waals surface area contributed by atoms with Gasteiger partial charge in [0.25, 0.3) is 0 Å². The Labute approximate surface area is 107 Å².